The number of carbonyl (C=O) groups is 1. The Hall–Kier alpha value is -1.92. The molecular weight excluding hydrogens is 361 g/mol. The molecule has 1 amide bonds. The molecule has 1 saturated heterocycles. The molecule has 3 rings (SSSR count). The van der Waals surface area contributed by atoms with Crippen molar-refractivity contribution < 1.29 is 9.18 Å². The molecule has 4 nitrogen and oxygen atoms in total. The van der Waals surface area contributed by atoms with Crippen molar-refractivity contribution >= 4 is 34.8 Å². The Morgan fingerprint density at radius 3 is 2.76 bits per heavy atom. The van der Waals surface area contributed by atoms with Crippen LogP contribution >= 0.6 is 22.9 Å². The third kappa shape index (κ3) is 2.93. The van der Waals surface area contributed by atoms with Gasteiger partial charge in [-0.15, -0.1) is 11.3 Å². The molecule has 1 fully saturated rings. The molecule has 0 radical (unpaired) electrons. The van der Waals surface area contributed by atoms with E-state index in [0.717, 1.165) is 15.3 Å². The summed E-state index contributed by atoms with van der Waals surface area (Å²) in [5, 5.41) is 11.3. The zero-order valence-electron chi connectivity index (χ0n) is 14.2. The van der Waals surface area contributed by atoms with Crippen LogP contribution in [-0.4, -0.2) is 23.8 Å². The summed E-state index contributed by atoms with van der Waals surface area (Å²) in [5.41, 5.74) is 0.177. The molecule has 1 aromatic carbocycles. The number of nitrogens with zero attached hydrogens (tertiary/aromatic N) is 1. The topological polar surface area (TPSA) is 56.2 Å². The molecule has 2 aromatic rings. The van der Waals surface area contributed by atoms with Crippen LogP contribution in [0, 0.1) is 17.1 Å². The number of guanidine groups is 1. The monoisotopic (exact) mass is 379 g/mol. The van der Waals surface area contributed by atoms with E-state index in [2.05, 4.69) is 5.32 Å². The first kappa shape index (κ1) is 17.9. The molecule has 2 heterocycles. The van der Waals surface area contributed by atoms with Crippen molar-refractivity contribution in [3.63, 3.8) is 0 Å². The summed E-state index contributed by atoms with van der Waals surface area (Å²) in [6, 6.07) is 8.53. The second-order valence-electron chi connectivity index (χ2n) is 6.33. The Morgan fingerprint density at radius 1 is 1.40 bits per heavy atom. The van der Waals surface area contributed by atoms with Gasteiger partial charge in [-0.05, 0) is 43.2 Å². The number of hydrogen-bond acceptors (Lipinski definition) is 3. The van der Waals surface area contributed by atoms with E-state index in [0.29, 0.717) is 6.42 Å². The molecule has 7 heteroatoms. The van der Waals surface area contributed by atoms with Crippen LogP contribution in [0.4, 0.5) is 4.39 Å². The SMILES string of the molecule is CCC1C(=O)N(C)C(=N)N[C@]1(C)c1ccc(-c2ccc(F)c(Cl)c2)s1. The van der Waals surface area contributed by atoms with Crippen LogP contribution < -0.4 is 5.32 Å². The molecule has 1 aromatic heterocycles. The summed E-state index contributed by atoms with van der Waals surface area (Å²) in [7, 11) is 1.61. The molecule has 25 heavy (non-hydrogen) atoms. The van der Waals surface area contributed by atoms with Gasteiger partial charge in [0, 0.05) is 16.8 Å². The maximum Gasteiger partial charge on any atom is 0.234 e. The fourth-order valence-electron chi connectivity index (χ4n) is 3.25. The van der Waals surface area contributed by atoms with Gasteiger partial charge in [0.15, 0.2) is 5.96 Å². The normalized spacial score (nSPS) is 23.7. The number of amides is 1. The first-order chi connectivity index (χ1) is 11.8. The lowest BCUT2D eigenvalue weighted by atomic mass is 9.80. The highest BCUT2D eigenvalue weighted by atomic mass is 35.5. The van der Waals surface area contributed by atoms with E-state index in [4.69, 9.17) is 17.0 Å². The summed E-state index contributed by atoms with van der Waals surface area (Å²) >= 11 is 7.40. The quantitative estimate of drug-likeness (QED) is 0.828. The van der Waals surface area contributed by atoms with Gasteiger partial charge in [-0.3, -0.25) is 15.1 Å². The fourth-order valence-corrected chi connectivity index (χ4v) is 4.59. The molecule has 0 spiro atoms. The minimum atomic E-state index is -0.651. The second-order valence-corrected chi connectivity index (χ2v) is 7.82. The summed E-state index contributed by atoms with van der Waals surface area (Å²) in [5.74, 6) is -0.684. The minimum absolute atomic E-state index is 0.0615. The number of hydrogen-bond donors (Lipinski definition) is 2. The fraction of sp³-hybridized carbons (Fsp3) is 0.333. The molecule has 2 N–H and O–H groups in total. The van der Waals surface area contributed by atoms with Gasteiger partial charge in [0.05, 0.1) is 16.5 Å². The second kappa shape index (κ2) is 6.42. The molecule has 0 saturated carbocycles. The van der Waals surface area contributed by atoms with E-state index in [1.165, 1.54) is 22.3 Å². The highest BCUT2D eigenvalue weighted by molar-refractivity contribution is 7.15. The molecule has 1 unspecified atom stereocenters. The van der Waals surface area contributed by atoms with Crippen molar-refractivity contribution in [2.24, 2.45) is 5.92 Å². The van der Waals surface area contributed by atoms with Crippen LogP contribution in [0.1, 0.15) is 25.1 Å². The lowest BCUT2D eigenvalue weighted by molar-refractivity contribution is -0.135. The highest BCUT2D eigenvalue weighted by Gasteiger charge is 2.47. The summed E-state index contributed by atoms with van der Waals surface area (Å²) in [6.45, 7) is 3.92. The standard InChI is InChI=1S/C18H19ClFN3OS/c1-4-11-16(24)23(3)17(21)22-18(11,2)15-8-7-14(25-15)10-5-6-13(20)12(19)9-10/h5-9,11H,4H2,1-3H3,(H2,21,22)/t11?,18-/m0/s1. The zero-order chi connectivity index (χ0) is 18.4. The summed E-state index contributed by atoms with van der Waals surface area (Å²) < 4.78 is 13.4. The lowest BCUT2D eigenvalue weighted by Crippen LogP contribution is -2.63. The largest absolute Gasteiger partial charge is 0.345 e. The van der Waals surface area contributed by atoms with Crippen LogP contribution in [-0.2, 0) is 10.3 Å². The number of halogens is 2. The van der Waals surface area contributed by atoms with Gasteiger partial charge in [0.25, 0.3) is 0 Å². The predicted octanol–water partition coefficient (Wildman–Crippen LogP) is 4.45. The third-order valence-corrected chi connectivity index (χ3v) is 6.43. The van der Waals surface area contributed by atoms with Crippen molar-refractivity contribution in [3.05, 3.63) is 46.0 Å². The summed E-state index contributed by atoms with van der Waals surface area (Å²) in [4.78, 5) is 15.9. The van der Waals surface area contributed by atoms with Crippen molar-refractivity contribution in [1.29, 1.82) is 5.41 Å². The maximum absolute atomic E-state index is 13.4. The van der Waals surface area contributed by atoms with Crippen molar-refractivity contribution in [3.8, 4) is 10.4 Å². The number of rotatable bonds is 3. The Balaban J connectivity index is 2.01. The zero-order valence-corrected chi connectivity index (χ0v) is 15.8. The van der Waals surface area contributed by atoms with E-state index >= 15 is 0 Å². The summed E-state index contributed by atoms with van der Waals surface area (Å²) in [6.07, 6.45) is 0.662. The van der Waals surface area contributed by atoms with Gasteiger partial charge in [-0.2, -0.15) is 0 Å². The van der Waals surface area contributed by atoms with Gasteiger partial charge in [0.2, 0.25) is 5.91 Å². The maximum atomic E-state index is 13.4. The van der Waals surface area contributed by atoms with E-state index in [-0.39, 0.29) is 22.8 Å². The first-order valence-corrected chi connectivity index (χ1v) is 9.17. The Labute approximate surface area is 155 Å². The van der Waals surface area contributed by atoms with E-state index in [1.807, 2.05) is 26.0 Å². The Morgan fingerprint density at radius 2 is 2.12 bits per heavy atom. The van der Waals surface area contributed by atoms with Gasteiger partial charge >= 0.3 is 0 Å². The Bertz CT molecular complexity index is 853. The smallest absolute Gasteiger partial charge is 0.234 e. The van der Waals surface area contributed by atoms with Crippen LogP contribution in [0.5, 0.6) is 0 Å². The molecule has 0 bridgehead atoms. The van der Waals surface area contributed by atoms with E-state index in [1.54, 1.807) is 19.2 Å². The number of benzene rings is 1. The van der Waals surface area contributed by atoms with Gasteiger partial charge < -0.3 is 5.32 Å². The molecule has 0 aliphatic carbocycles. The van der Waals surface area contributed by atoms with Gasteiger partial charge in [0.1, 0.15) is 5.82 Å². The molecular formula is C18H19ClFN3OS. The lowest BCUT2D eigenvalue weighted by Gasteiger charge is -2.44. The molecule has 132 valence electrons. The average molecular weight is 380 g/mol. The first-order valence-electron chi connectivity index (χ1n) is 7.98. The highest BCUT2D eigenvalue weighted by Crippen LogP contribution is 2.41. The number of carbonyl (C=O) groups excluding carboxylic acids is 1. The van der Waals surface area contributed by atoms with Crippen molar-refractivity contribution in [2.45, 2.75) is 25.8 Å². The van der Waals surface area contributed by atoms with E-state index in [9.17, 15) is 9.18 Å². The van der Waals surface area contributed by atoms with Crippen LogP contribution in [0.3, 0.4) is 0 Å². The number of nitrogens with one attached hydrogen (secondary N) is 2. The molecule has 1 aliphatic heterocycles. The average Bonchev–Trinajstić information content (AvgIpc) is 3.06. The third-order valence-electron chi connectivity index (χ3n) is 4.77. The minimum Gasteiger partial charge on any atom is -0.345 e. The number of thiophene rings is 1. The molecule has 1 aliphatic rings. The Kier molecular flexibility index (Phi) is 4.60. The van der Waals surface area contributed by atoms with Gasteiger partial charge in [-0.25, -0.2) is 4.39 Å². The van der Waals surface area contributed by atoms with Crippen LogP contribution in [0.25, 0.3) is 10.4 Å². The van der Waals surface area contributed by atoms with Crippen molar-refractivity contribution in [1.82, 2.24) is 10.2 Å². The van der Waals surface area contributed by atoms with Gasteiger partial charge in [-0.1, -0.05) is 24.6 Å². The van der Waals surface area contributed by atoms with Crippen LogP contribution in [0.15, 0.2) is 30.3 Å². The molecule has 2 atom stereocenters. The van der Waals surface area contributed by atoms with E-state index < -0.39 is 11.4 Å². The van der Waals surface area contributed by atoms with Crippen LogP contribution in [0.2, 0.25) is 5.02 Å². The van der Waals surface area contributed by atoms with Crippen molar-refractivity contribution in [2.75, 3.05) is 7.05 Å². The predicted molar refractivity (Wildman–Crippen MR) is 99.5 cm³/mol.